The van der Waals surface area contributed by atoms with Gasteiger partial charge in [0.25, 0.3) is 0 Å². The van der Waals surface area contributed by atoms with Crippen molar-refractivity contribution in [3.8, 4) is 11.5 Å². The normalized spacial score (nSPS) is 18.3. The SMILES string of the molecule is O=C(CNN1CCCCC1)Nc1ccc2c(c1)OCCO2. The zero-order valence-electron chi connectivity index (χ0n) is 12.1. The van der Waals surface area contributed by atoms with Gasteiger partial charge in [0.2, 0.25) is 5.91 Å². The fourth-order valence-electron chi connectivity index (χ4n) is 2.56. The molecule has 2 heterocycles. The number of ether oxygens (including phenoxy) is 2. The lowest BCUT2D eigenvalue weighted by Gasteiger charge is -2.26. The monoisotopic (exact) mass is 291 g/mol. The number of benzene rings is 1. The minimum Gasteiger partial charge on any atom is -0.486 e. The molecule has 114 valence electrons. The molecule has 1 aromatic carbocycles. The summed E-state index contributed by atoms with van der Waals surface area (Å²) in [7, 11) is 0. The molecule has 0 spiro atoms. The molecule has 2 aliphatic heterocycles. The number of hydrogen-bond donors (Lipinski definition) is 2. The van der Waals surface area contributed by atoms with Crippen molar-refractivity contribution in [3.05, 3.63) is 18.2 Å². The maximum Gasteiger partial charge on any atom is 0.239 e. The highest BCUT2D eigenvalue weighted by atomic mass is 16.6. The molecule has 1 aromatic rings. The number of nitrogens with zero attached hydrogens (tertiary/aromatic N) is 1. The fraction of sp³-hybridized carbons (Fsp3) is 0.533. The van der Waals surface area contributed by atoms with Crippen LogP contribution in [0.4, 0.5) is 5.69 Å². The summed E-state index contributed by atoms with van der Waals surface area (Å²) >= 11 is 0. The summed E-state index contributed by atoms with van der Waals surface area (Å²) in [6.07, 6.45) is 3.66. The molecule has 1 fully saturated rings. The second kappa shape index (κ2) is 6.78. The molecular weight excluding hydrogens is 270 g/mol. The maximum atomic E-state index is 12.0. The summed E-state index contributed by atoms with van der Waals surface area (Å²) in [5.74, 6) is 1.35. The Hall–Kier alpha value is -1.79. The number of anilines is 1. The largest absolute Gasteiger partial charge is 0.486 e. The van der Waals surface area contributed by atoms with E-state index in [1.165, 1.54) is 19.3 Å². The van der Waals surface area contributed by atoms with Crippen LogP contribution in [-0.2, 0) is 4.79 Å². The number of amides is 1. The maximum absolute atomic E-state index is 12.0. The van der Waals surface area contributed by atoms with Gasteiger partial charge in [0, 0.05) is 24.8 Å². The van der Waals surface area contributed by atoms with Crippen LogP contribution in [0.25, 0.3) is 0 Å². The number of carbonyl (C=O) groups is 1. The molecule has 0 atom stereocenters. The van der Waals surface area contributed by atoms with E-state index in [2.05, 4.69) is 15.8 Å². The van der Waals surface area contributed by atoms with Crippen molar-refractivity contribution in [3.63, 3.8) is 0 Å². The van der Waals surface area contributed by atoms with Crippen LogP contribution in [-0.4, -0.2) is 43.8 Å². The number of nitrogens with one attached hydrogen (secondary N) is 2. The average molecular weight is 291 g/mol. The lowest BCUT2D eigenvalue weighted by Crippen LogP contribution is -2.45. The van der Waals surface area contributed by atoms with Crippen molar-refractivity contribution in [2.24, 2.45) is 0 Å². The highest BCUT2D eigenvalue weighted by Gasteiger charge is 2.14. The Morgan fingerprint density at radius 1 is 1.10 bits per heavy atom. The van der Waals surface area contributed by atoms with Crippen molar-refractivity contribution in [2.45, 2.75) is 19.3 Å². The van der Waals surface area contributed by atoms with Crippen LogP contribution in [0.5, 0.6) is 11.5 Å². The van der Waals surface area contributed by atoms with E-state index < -0.39 is 0 Å². The van der Waals surface area contributed by atoms with Crippen molar-refractivity contribution < 1.29 is 14.3 Å². The standard InChI is InChI=1S/C15H21N3O3/c19-15(11-16-18-6-2-1-3-7-18)17-12-4-5-13-14(10-12)21-9-8-20-13/h4-5,10,16H,1-3,6-9,11H2,(H,17,19). The molecule has 1 amide bonds. The van der Waals surface area contributed by atoms with Gasteiger partial charge in [0.15, 0.2) is 11.5 Å². The number of rotatable bonds is 4. The first-order valence-electron chi connectivity index (χ1n) is 7.49. The Kier molecular flexibility index (Phi) is 4.57. The zero-order chi connectivity index (χ0) is 14.5. The average Bonchev–Trinajstić information content (AvgIpc) is 2.54. The first-order valence-corrected chi connectivity index (χ1v) is 7.49. The van der Waals surface area contributed by atoms with E-state index in [0.29, 0.717) is 19.0 Å². The molecule has 0 radical (unpaired) electrons. The predicted molar refractivity (Wildman–Crippen MR) is 79.5 cm³/mol. The van der Waals surface area contributed by atoms with Gasteiger partial charge >= 0.3 is 0 Å². The summed E-state index contributed by atoms with van der Waals surface area (Å²) < 4.78 is 11.0. The topological polar surface area (TPSA) is 62.8 Å². The third kappa shape index (κ3) is 3.86. The molecule has 21 heavy (non-hydrogen) atoms. The van der Waals surface area contributed by atoms with Gasteiger partial charge < -0.3 is 14.8 Å². The molecule has 3 rings (SSSR count). The Morgan fingerprint density at radius 2 is 1.86 bits per heavy atom. The van der Waals surface area contributed by atoms with Crippen LogP contribution in [0.2, 0.25) is 0 Å². The fourth-order valence-corrected chi connectivity index (χ4v) is 2.56. The molecule has 0 bridgehead atoms. The van der Waals surface area contributed by atoms with Gasteiger partial charge in [-0.1, -0.05) is 6.42 Å². The first kappa shape index (κ1) is 14.2. The van der Waals surface area contributed by atoms with Gasteiger partial charge in [-0.3, -0.25) is 4.79 Å². The third-order valence-corrected chi connectivity index (χ3v) is 3.65. The lowest BCUT2D eigenvalue weighted by molar-refractivity contribution is -0.116. The van der Waals surface area contributed by atoms with Gasteiger partial charge in [-0.15, -0.1) is 0 Å². The number of hydrazine groups is 1. The summed E-state index contributed by atoms with van der Waals surface area (Å²) in [6, 6.07) is 5.45. The second-order valence-corrected chi connectivity index (χ2v) is 5.29. The van der Waals surface area contributed by atoms with Gasteiger partial charge in [-0.25, -0.2) is 10.4 Å². The molecule has 1 saturated heterocycles. The van der Waals surface area contributed by atoms with Crippen LogP contribution < -0.4 is 20.2 Å². The van der Waals surface area contributed by atoms with Crippen molar-refractivity contribution in [1.82, 2.24) is 10.4 Å². The summed E-state index contributed by atoms with van der Waals surface area (Å²) in [6.45, 7) is 3.42. The van der Waals surface area contributed by atoms with E-state index in [-0.39, 0.29) is 12.5 Å². The predicted octanol–water partition coefficient (Wildman–Crippen LogP) is 1.39. The molecule has 2 aliphatic rings. The molecule has 0 aromatic heterocycles. The van der Waals surface area contributed by atoms with E-state index in [1.54, 1.807) is 6.07 Å². The number of carbonyl (C=O) groups excluding carboxylic acids is 1. The molecule has 0 unspecified atom stereocenters. The molecule has 6 heteroatoms. The van der Waals surface area contributed by atoms with Crippen LogP contribution >= 0.6 is 0 Å². The number of fused-ring (bicyclic) bond motifs is 1. The number of piperidine rings is 1. The smallest absolute Gasteiger partial charge is 0.239 e. The Bertz CT molecular complexity index is 501. The van der Waals surface area contributed by atoms with Gasteiger partial charge in [-0.2, -0.15) is 0 Å². The third-order valence-electron chi connectivity index (χ3n) is 3.65. The van der Waals surface area contributed by atoms with E-state index in [0.717, 1.165) is 24.5 Å². The summed E-state index contributed by atoms with van der Waals surface area (Å²) in [5, 5.41) is 4.99. The Balaban J connectivity index is 1.50. The summed E-state index contributed by atoms with van der Waals surface area (Å²) in [5.41, 5.74) is 3.90. The summed E-state index contributed by atoms with van der Waals surface area (Å²) in [4.78, 5) is 12.0. The highest BCUT2D eigenvalue weighted by molar-refractivity contribution is 5.92. The van der Waals surface area contributed by atoms with Crippen molar-refractivity contribution in [2.75, 3.05) is 38.2 Å². The number of hydrogen-bond acceptors (Lipinski definition) is 5. The van der Waals surface area contributed by atoms with E-state index in [1.807, 2.05) is 12.1 Å². The zero-order valence-corrected chi connectivity index (χ0v) is 12.1. The van der Waals surface area contributed by atoms with Crippen molar-refractivity contribution in [1.29, 1.82) is 0 Å². The van der Waals surface area contributed by atoms with Crippen LogP contribution in [0, 0.1) is 0 Å². The van der Waals surface area contributed by atoms with Crippen LogP contribution in [0.3, 0.4) is 0 Å². The molecule has 6 nitrogen and oxygen atoms in total. The Labute approximate surface area is 124 Å². The Morgan fingerprint density at radius 3 is 2.67 bits per heavy atom. The van der Waals surface area contributed by atoms with Gasteiger partial charge in [-0.05, 0) is 25.0 Å². The molecular formula is C15H21N3O3. The van der Waals surface area contributed by atoms with E-state index >= 15 is 0 Å². The highest BCUT2D eigenvalue weighted by Crippen LogP contribution is 2.32. The lowest BCUT2D eigenvalue weighted by atomic mass is 10.2. The van der Waals surface area contributed by atoms with Crippen LogP contribution in [0.15, 0.2) is 18.2 Å². The minimum atomic E-state index is -0.0581. The molecule has 0 saturated carbocycles. The minimum absolute atomic E-state index is 0.0581. The van der Waals surface area contributed by atoms with E-state index in [9.17, 15) is 4.79 Å². The van der Waals surface area contributed by atoms with Gasteiger partial charge in [0.1, 0.15) is 13.2 Å². The second-order valence-electron chi connectivity index (χ2n) is 5.29. The quantitative estimate of drug-likeness (QED) is 0.877. The molecule has 2 N–H and O–H groups in total. The van der Waals surface area contributed by atoms with Gasteiger partial charge in [0.05, 0.1) is 6.54 Å². The van der Waals surface area contributed by atoms with Crippen molar-refractivity contribution >= 4 is 11.6 Å². The first-order chi connectivity index (χ1) is 10.3. The van der Waals surface area contributed by atoms with Crippen LogP contribution in [0.1, 0.15) is 19.3 Å². The molecule has 0 aliphatic carbocycles. The van der Waals surface area contributed by atoms with E-state index in [4.69, 9.17) is 9.47 Å².